The third-order valence-corrected chi connectivity index (χ3v) is 4.71. The van der Waals surface area contributed by atoms with Crippen LogP contribution in [0.5, 0.6) is 0 Å². The highest BCUT2D eigenvalue weighted by atomic mass is 16.3. The number of rotatable bonds is 4. The molecule has 0 bridgehead atoms. The van der Waals surface area contributed by atoms with Gasteiger partial charge in [-0.2, -0.15) is 0 Å². The van der Waals surface area contributed by atoms with E-state index in [-0.39, 0.29) is 34.9 Å². The van der Waals surface area contributed by atoms with Crippen molar-refractivity contribution in [3.05, 3.63) is 57.2 Å². The van der Waals surface area contributed by atoms with Crippen LogP contribution in [0.15, 0.2) is 44.6 Å². The number of aromatic nitrogens is 4. The van der Waals surface area contributed by atoms with Crippen LogP contribution in [0, 0.1) is 0 Å². The Morgan fingerprint density at radius 1 is 1.14 bits per heavy atom. The van der Waals surface area contributed by atoms with Crippen molar-refractivity contribution in [2.45, 2.75) is 13.5 Å². The minimum Gasteiger partial charge on any atom is -0.451 e. The van der Waals surface area contributed by atoms with Crippen LogP contribution in [0.25, 0.3) is 22.1 Å². The van der Waals surface area contributed by atoms with Crippen LogP contribution >= 0.6 is 0 Å². The number of benzene rings is 1. The monoisotopic (exact) mass is 395 g/mol. The first-order valence-corrected chi connectivity index (χ1v) is 8.72. The molecular formula is C19H17N5O5. The maximum atomic E-state index is 12.7. The summed E-state index contributed by atoms with van der Waals surface area (Å²) in [6.07, 6.45) is 1.32. The molecule has 29 heavy (non-hydrogen) atoms. The Labute approximate surface area is 163 Å². The number of furan rings is 1. The Balaban J connectivity index is 1.73. The van der Waals surface area contributed by atoms with E-state index in [0.29, 0.717) is 11.0 Å². The number of hydrogen-bond acceptors (Lipinski definition) is 6. The molecule has 1 aromatic carbocycles. The predicted octanol–water partition coefficient (Wildman–Crippen LogP) is 1.02. The van der Waals surface area contributed by atoms with Gasteiger partial charge >= 0.3 is 5.69 Å². The first-order chi connectivity index (χ1) is 13.8. The lowest BCUT2D eigenvalue weighted by Crippen LogP contribution is -2.37. The number of hydrogen-bond donors (Lipinski definition) is 1. The van der Waals surface area contributed by atoms with Crippen molar-refractivity contribution in [2.75, 3.05) is 5.32 Å². The summed E-state index contributed by atoms with van der Waals surface area (Å²) in [5.74, 6) is -0.754. The standard InChI is InChI=1S/C19H17N5O5/c1-10(25)16-14(11-6-4-5-7-12(11)29-16)21-13(26)8-24-9-20-17-15(24)18(27)23(3)19(28)22(17)2/h4-7,9H,8H2,1-3H3,(H,21,26). The Bertz CT molecular complexity index is 1420. The minimum atomic E-state index is -0.549. The van der Waals surface area contributed by atoms with Gasteiger partial charge in [-0.15, -0.1) is 0 Å². The highest BCUT2D eigenvalue weighted by Crippen LogP contribution is 2.31. The highest BCUT2D eigenvalue weighted by molar-refractivity contribution is 6.10. The zero-order valence-corrected chi connectivity index (χ0v) is 15.9. The van der Waals surface area contributed by atoms with E-state index in [1.54, 1.807) is 24.3 Å². The zero-order chi connectivity index (χ0) is 20.9. The van der Waals surface area contributed by atoms with E-state index < -0.39 is 17.2 Å². The van der Waals surface area contributed by atoms with Crippen molar-refractivity contribution in [2.24, 2.45) is 14.1 Å². The Morgan fingerprint density at radius 2 is 1.86 bits per heavy atom. The van der Waals surface area contributed by atoms with Gasteiger partial charge in [0.05, 0.1) is 12.0 Å². The summed E-state index contributed by atoms with van der Waals surface area (Å²) in [4.78, 5) is 53.2. The van der Waals surface area contributed by atoms with Gasteiger partial charge in [0.1, 0.15) is 12.1 Å². The van der Waals surface area contributed by atoms with Crippen LogP contribution in [0.4, 0.5) is 5.69 Å². The van der Waals surface area contributed by atoms with E-state index in [1.807, 2.05) is 0 Å². The summed E-state index contributed by atoms with van der Waals surface area (Å²) in [6, 6.07) is 6.97. The predicted molar refractivity (Wildman–Crippen MR) is 105 cm³/mol. The number of ketones is 1. The number of fused-ring (bicyclic) bond motifs is 2. The molecule has 4 aromatic rings. The summed E-state index contributed by atoms with van der Waals surface area (Å²) in [5.41, 5.74) is 0.0187. The molecule has 0 atom stereocenters. The topological polar surface area (TPSA) is 121 Å². The average molecular weight is 395 g/mol. The number of Topliss-reactive ketones (excluding diaryl/α,β-unsaturated/α-hetero) is 1. The first-order valence-electron chi connectivity index (χ1n) is 8.72. The molecule has 148 valence electrons. The van der Waals surface area contributed by atoms with E-state index >= 15 is 0 Å². The second-order valence-electron chi connectivity index (χ2n) is 6.66. The molecule has 0 aliphatic carbocycles. The summed E-state index contributed by atoms with van der Waals surface area (Å²) in [6.45, 7) is 1.11. The fraction of sp³-hybridized carbons (Fsp3) is 0.211. The highest BCUT2D eigenvalue weighted by Gasteiger charge is 2.21. The number of para-hydroxylation sites is 1. The number of nitrogens with one attached hydrogen (secondary N) is 1. The number of aryl methyl sites for hydroxylation is 1. The molecule has 3 aromatic heterocycles. The van der Waals surface area contributed by atoms with Gasteiger partial charge in [0.15, 0.2) is 22.7 Å². The maximum Gasteiger partial charge on any atom is 0.332 e. The molecule has 0 saturated heterocycles. The third-order valence-electron chi connectivity index (χ3n) is 4.71. The van der Waals surface area contributed by atoms with Crippen molar-refractivity contribution in [1.82, 2.24) is 18.7 Å². The van der Waals surface area contributed by atoms with E-state index in [9.17, 15) is 19.2 Å². The van der Waals surface area contributed by atoms with Crippen molar-refractivity contribution >= 4 is 39.5 Å². The number of carbonyl (C=O) groups excluding carboxylic acids is 2. The normalized spacial score (nSPS) is 11.3. The van der Waals surface area contributed by atoms with Gasteiger partial charge in [-0.25, -0.2) is 9.78 Å². The lowest BCUT2D eigenvalue weighted by atomic mass is 10.2. The van der Waals surface area contributed by atoms with Gasteiger partial charge in [-0.1, -0.05) is 12.1 Å². The molecule has 3 heterocycles. The quantitative estimate of drug-likeness (QED) is 0.515. The van der Waals surface area contributed by atoms with Crippen molar-refractivity contribution in [1.29, 1.82) is 0 Å². The lowest BCUT2D eigenvalue weighted by molar-refractivity contribution is -0.116. The number of imidazole rings is 1. The molecule has 0 spiro atoms. The van der Waals surface area contributed by atoms with Crippen LogP contribution < -0.4 is 16.6 Å². The zero-order valence-electron chi connectivity index (χ0n) is 15.9. The molecule has 4 rings (SSSR count). The number of anilines is 1. The SMILES string of the molecule is CC(=O)c1oc2ccccc2c1NC(=O)Cn1cnc2c1c(=O)n(C)c(=O)n2C. The Morgan fingerprint density at radius 3 is 2.59 bits per heavy atom. The van der Waals surface area contributed by atoms with Gasteiger partial charge in [-0.05, 0) is 12.1 Å². The molecule has 1 N–H and O–H groups in total. The van der Waals surface area contributed by atoms with Crippen molar-refractivity contribution < 1.29 is 14.0 Å². The maximum absolute atomic E-state index is 12.7. The van der Waals surface area contributed by atoms with Crippen LogP contribution in [0.3, 0.4) is 0 Å². The Hall–Kier alpha value is -3.95. The van der Waals surface area contributed by atoms with E-state index in [1.165, 1.54) is 36.5 Å². The van der Waals surface area contributed by atoms with Gasteiger partial charge in [0.25, 0.3) is 5.56 Å². The lowest BCUT2D eigenvalue weighted by Gasteiger charge is -2.08. The van der Waals surface area contributed by atoms with Crippen LogP contribution in [0.1, 0.15) is 17.5 Å². The van der Waals surface area contributed by atoms with E-state index in [2.05, 4.69) is 10.3 Å². The average Bonchev–Trinajstić information content (AvgIpc) is 3.27. The van der Waals surface area contributed by atoms with Crippen molar-refractivity contribution in [3.63, 3.8) is 0 Å². The van der Waals surface area contributed by atoms with Crippen molar-refractivity contribution in [3.8, 4) is 0 Å². The Kier molecular flexibility index (Phi) is 4.18. The fourth-order valence-electron chi connectivity index (χ4n) is 3.27. The summed E-state index contributed by atoms with van der Waals surface area (Å²) < 4.78 is 9.11. The summed E-state index contributed by atoms with van der Waals surface area (Å²) in [7, 11) is 2.86. The third kappa shape index (κ3) is 2.85. The molecule has 0 unspecified atom stereocenters. The van der Waals surface area contributed by atoms with E-state index in [0.717, 1.165) is 4.57 Å². The van der Waals surface area contributed by atoms with Crippen LogP contribution in [0.2, 0.25) is 0 Å². The molecule has 0 saturated carbocycles. The van der Waals surface area contributed by atoms with Gasteiger partial charge in [0.2, 0.25) is 5.91 Å². The number of carbonyl (C=O) groups is 2. The number of amides is 1. The van der Waals surface area contributed by atoms with E-state index in [4.69, 9.17) is 4.42 Å². The van der Waals surface area contributed by atoms with Gasteiger partial charge < -0.3 is 14.3 Å². The molecule has 10 heteroatoms. The van der Waals surface area contributed by atoms with Crippen LogP contribution in [-0.4, -0.2) is 30.4 Å². The molecule has 0 radical (unpaired) electrons. The molecule has 0 aliphatic rings. The first kappa shape index (κ1) is 18.4. The molecule has 0 aliphatic heterocycles. The molecule has 10 nitrogen and oxygen atoms in total. The van der Waals surface area contributed by atoms with Gasteiger partial charge in [0, 0.05) is 26.4 Å². The summed E-state index contributed by atoms with van der Waals surface area (Å²) in [5, 5.41) is 3.30. The van der Waals surface area contributed by atoms with Gasteiger partial charge in [-0.3, -0.25) is 23.5 Å². The molecule has 1 amide bonds. The largest absolute Gasteiger partial charge is 0.451 e. The smallest absolute Gasteiger partial charge is 0.332 e. The minimum absolute atomic E-state index is 0.0494. The fourth-order valence-corrected chi connectivity index (χ4v) is 3.27. The molecule has 0 fully saturated rings. The second-order valence-corrected chi connectivity index (χ2v) is 6.66. The van der Waals surface area contributed by atoms with Crippen LogP contribution in [-0.2, 0) is 25.4 Å². The number of nitrogens with zero attached hydrogens (tertiary/aromatic N) is 4. The molecular weight excluding hydrogens is 378 g/mol. The summed E-state index contributed by atoms with van der Waals surface area (Å²) >= 11 is 0. The second kappa shape index (κ2) is 6.59.